The number of thiazole rings is 1. The molecule has 0 atom stereocenters. The van der Waals surface area contributed by atoms with Crippen LogP contribution in [0.2, 0.25) is 0 Å². The molecule has 5 heteroatoms. The molecule has 1 N–H and O–H groups in total. The lowest BCUT2D eigenvalue weighted by Crippen LogP contribution is -2.05. The second-order valence-corrected chi connectivity index (χ2v) is 5.11. The third kappa shape index (κ3) is 2.51. The number of hydrogen-bond acceptors (Lipinski definition) is 4. The van der Waals surface area contributed by atoms with Gasteiger partial charge in [0.2, 0.25) is 5.95 Å². The van der Waals surface area contributed by atoms with E-state index < -0.39 is 0 Å². The zero-order valence-corrected chi connectivity index (χ0v) is 11.4. The monoisotopic (exact) mass is 270 g/mol. The zero-order valence-electron chi connectivity index (χ0n) is 10.6. The molecule has 96 valence electrons. The molecule has 0 aliphatic carbocycles. The molecular weight excluding hydrogens is 256 g/mol. The first kappa shape index (κ1) is 11.9. The van der Waals surface area contributed by atoms with Gasteiger partial charge in [-0.2, -0.15) is 0 Å². The summed E-state index contributed by atoms with van der Waals surface area (Å²) in [7, 11) is 0. The topological polar surface area (TPSA) is 42.7 Å². The van der Waals surface area contributed by atoms with Crippen LogP contribution in [0.15, 0.2) is 48.2 Å². The number of nitrogens with zero attached hydrogens (tertiary/aromatic N) is 3. The summed E-state index contributed by atoms with van der Waals surface area (Å²) in [5.41, 5.74) is 4.05. The third-order valence-electron chi connectivity index (χ3n) is 2.93. The predicted molar refractivity (Wildman–Crippen MR) is 77.7 cm³/mol. The summed E-state index contributed by atoms with van der Waals surface area (Å²) < 4.78 is 2.04. The highest BCUT2D eigenvalue weighted by Crippen LogP contribution is 2.17. The fraction of sp³-hybridized carbons (Fsp3) is 0.143. The lowest BCUT2D eigenvalue weighted by molar-refractivity contribution is 1.00. The van der Waals surface area contributed by atoms with Crippen LogP contribution in [-0.4, -0.2) is 14.5 Å². The van der Waals surface area contributed by atoms with Crippen molar-refractivity contribution in [1.82, 2.24) is 14.5 Å². The standard InChI is InChI=1S/C14H14N4S/c1-11-13(19-10-17-11)9-16-14-15-7-8-18(14)12-5-3-2-4-6-12/h2-8,10H,9H2,1H3,(H,15,16). The van der Waals surface area contributed by atoms with Crippen molar-refractivity contribution in [2.45, 2.75) is 13.5 Å². The van der Waals surface area contributed by atoms with Crippen LogP contribution >= 0.6 is 11.3 Å². The molecule has 2 heterocycles. The number of nitrogens with one attached hydrogen (secondary N) is 1. The van der Waals surface area contributed by atoms with Gasteiger partial charge in [-0.05, 0) is 19.1 Å². The lowest BCUT2D eigenvalue weighted by atomic mass is 10.3. The highest BCUT2D eigenvalue weighted by atomic mass is 32.1. The van der Waals surface area contributed by atoms with Gasteiger partial charge in [-0.3, -0.25) is 4.57 Å². The van der Waals surface area contributed by atoms with E-state index in [0.717, 1.165) is 23.9 Å². The van der Waals surface area contributed by atoms with Crippen molar-refractivity contribution >= 4 is 17.3 Å². The van der Waals surface area contributed by atoms with Gasteiger partial charge in [-0.25, -0.2) is 9.97 Å². The molecule has 0 radical (unpaired) electrons. The number of hydrogen-bond donors (Lipinski definition) is 1. The molecule has 2 aromatic heterocycles. The number of benzene rings is 1. The first-order chi connectivity index (χ1) is 9.34. The minimum absolute atomic E-state index is 0.750. The number of para-hydroxylation sites is 1. The fourth-order valence-electron chi connectivity index (χ4n) is 1.89. The maximum Gasteiger partial charge on any atom is 0.207 e. The Morgan fingerprint density at radius 2 is 2.05 bits per heavy atom. The van der Waals surface area contributed by atoms with Crippen molar-refractivity contribution in [2.24, 2.45) is 0 Å². The van der Waals surface area contributed by atoms with E-state index in [-0.39, 0.29) is 0 Å². The summed E-state index contributed by atoms with van der Waals surface area (Å²) in [6.45, 7) is 2.78. The van der Waals surface area contributed by atoms with Gasteiger partial charge in [-0.1, -0.05) is 18.2 Å². The second kappa shape index (κ2) is 5.24. The zero-order chi connectivity index (χ0) is 13.1. The van der Waals surface area contributed by atoms with Crippen molar-refractivity contribution in [3.05, 3.63) is 58.8 Å². The Bertz CT molecular complexity index is 657. The van der Waals surface area contributed by atoms with E-state index in [0.29, 0.717) is 0 Å². The van der Waals surface area contributed by atoms with Gasteiger partial charge in [0, 0.05) is 23.0 Å². The van der Waals surface area contributed by atoms with Crippen LogP contribution in [-0.2, 0) is 6.54 Å². The maximum atomic E-state index is 4.36. The van der Waals surface area contributed by atoms with Crippen LogP contribution in [0.5, 0.6) is 0 Å². The Balaban J connectivity index is 1.80. The minimum Gasteiger partial charge on any atom is -0.350 e. The molecule has 3 aromatic rings. The van der Waals surface area contributed by atoms with Crippen molar-refractivity contribution < 1.29 is 0 Å². The van der Waals surface area contributed by atoms with Gasteiger partial charge in [0.15, 0.2) is 0 Å². The Morgan fingerprint density at radius 3 is 2.79 bits per heavy atom. The van der Waals surface area contributed by atoms with Gasteiger partial charge in [0.25, 0.3) is 0 Å². The fourth-order valence-corrected chi connectivity index (χ4v) is 2.60. The van der Waals surface area contributed by atoms with Gasteiger partial charge >= 0.3 is 0 Å². The van der Waals surface area contributed by atoms with Crippen LogP contribution in [0, 0.1) is 6.92 Å². The first-order valence-corrected chi connectivity index (χ1v) is 6.94. The Morgan fingerprint density at radius 1 is 1.21 bits per heavy atom. The lowest BCUT2D eigenvalue weighted by Gasteiger charge is -2.09. The average Bonchev–Trinajstić information content (AvgIpc) is 3.06. The molecule has 4 nitrogen and oxygen atoms in total. The van der Waals surface area contributed by atoms with Crippen molar-refractivity contribution in [2.75, 3.05) is 5.32 Å². The van der Waals surface area contributed by atoms with Crippen LogP contribution < -0.4 is 5.32 Å². The quantitative estimate of drug-likeness (QED) is 0.791. The molecule has 0 aliphatic rings. The van der Waals surface area contributed by atoms with Crippen LogP contribution in [0.1, 0.15) is 10.6 Å². The van der Waals surface area contributed by atoms with E-state index in [9.17, 15) is 0 Å². The molecule has 1 aromatic carbocycles. The molecule has 0 saturated carbocycles. The van der Waals surface area contributed by atoms with Crippen LogP contribution in [0.4, 0.5) is 5.95 Å². The summed E-state index contributed by atoms with van der Waals surface area (Å²) in [6.07, 6.45) is 3.76. The Hall–Kier alpha value is -2.14. The molecule has 0 amide bonds. The molecule has 0 fully saturated rings. The number of imidazole rings is 1. The van der Waals surface area contributed by atoms with Crippen LogP contribution in [0.25, 0.3) is 5.69 Å². The van der Waals surface area contributed by atoms with Gasteiger partial charge in [0.1, 0.15) is 0 Å². The Kier molecular flexibility index (Phi) is 3.29. The number of aryl methyl sites for hydroxylation is 1. The summed E-state index contributed by atoms with van der Waals surface area (Å²) in [6, 6.07) is 10.2. The van der Waals surface area contributed by atoms with E-state index in [1.165, 1.54) is 4.88 Å². The van der Waals surface area contributed by atoms with Gasteiger partial charge in [-0.15, -0.1) is 11.3 Å². The molecule has 0 aliphatic heterocycles. The molecule has 0 bridgehead atoms. The van der Waals surface area contributed by atoms with Crippen molar-refractivity contribution in [1.29, 1.82) is 0 Å². The molecule has 19 heavy (non-hydrogen) atoms. The number of aromatic nitrogens is 3. The number of rotatable bonds is 4. The minimum atomic E-state index is 0.750. The Labute approximate surface area is 115 Å². The van der Waals surface area contributed by atoms with E-state index >= 15 is 0 Å². The molecular formula is C14H14N4S. The van der Waals surface area contributed by atoms with Gasteiger partial charge in [0.05, 0.1) is 17.7 Å². The van der Waals surface area contributed by atoms with Crippen molar-refractivity contribution in [3.8, 4) is 5.69 Å². The normalized spacial score (nSPS) is 10.6. The summed E-state index contributed by atoms with van der Waals surface area (Å²) in [5, 5.41) is 3.36. The number of anilines is 1. The summed E-state index contributed by atoms with van der Waals surface area (Å²) in [5.74, 6) is 0.846. The third-order valence-corrected chi connectivity index (χ3v) is 3.86. The highest BCUT2D eigenvalue weighted by molar-refractivity contribution is 7.09. The largest absolute Gasteiger partial charge is 0.350 e. The first-order valence-electron chi connectivity index (χ1n) is 6.06. The second-order valence-electron chi connectivity index (χ2n) is 4.17. The smallest absolute Gasteiger partial charge is 0.207 e. The summed E-state index contributed by atoms with van der Waals surface area (Å²) in [4.78, 5) is 9.84. The summed E-state index contributed by atoms with van der Waals surface area (Å²) >= 11 is 1.66. The van der Waals surface area contributed by atoms with E-state index in [2.05, 4.69) is 27.4 Å². The van der Waals surface area contributed by atoms with Gasteiger partial charge < -0.3 is 5.32 Å². The predicted octanol–water partition coefficient (Wildman–Crippen LogP) is 3.25. The highest BCUT2D eigenvalue weighted by Gasteiger charge is 2.06. The van der Waals surface area contributed by atoms with Crippen molar-refractivity contribution in [3.63, 3.8) is 0 Å². The van der Waals surface area contributed by atoms with Crippen LogP contribution in [0.3, 0.4) is 0 Å². The molecule has 0 unspecified atom stereocenters. The maximum absolute atomic E-state index is 4.36. The molecule has 3 rings (SSSR count). The molecule has 0 spiro atoms. The van der Waals surface area contributed by atoms with E-state index in [4.69, 9.17) is 0 Å². The molecule has 0 saturated heterocycles. The SMILES string of the molecule is Cc1ncsc1CNc1nccn1-c1ccccc1. The van der Waals surface area contributed by atoms with E-state index in [1.807, 2.05) is 41.4 Å². The van der Waals surface area contributed by atoms with E-state index in [1.54, 1.807) is 17.5 Å². The average molecular weight is 270 g/mol.